The van der Waals surface area contributed by atoms with E-state index in [4.69, 9.17) is 9.15 Å². The van der Waals surface area contributed by atoms with E-state index in [9.17, 15) is 21.6 Å². The number of nitrogens with zero attached hydrogens (tertiary/aromatic N) is 4. The highest BCUT2D eigenvalue weighted by Crippen LogP contribution is 2.33. The van der Waals surface area contributed by atoms with Crippen LogP contribution in [0.2, 0.25) is 0 Å². The number of piperazine rings is 1. The SMILES string of the molecule is C[C@H]1CN(c2cc(S(=O)(=O)NC3(CF)COC3)cn3c(-c4nnc(C(F)F)o4)ccc23)C[C@H](C)N1. The zero-order valence-corrected chi connectivity index (χ0v) is 19.9. The van der Waals surface area contributed by atoms with E-state index in [1.165, 1.54) is 16.7 Å². The highest BCUT2D eigenvalue weighted by atomic mass is 32.2. The molecule has 0 unspecified atom stereocenters. The monoisotopic (exact) mass is 514 g/mol. The molecular weight excluding hydrogens is 489 g/mol. The van der Waals surface area contributed by atoms with Crippen molar-refractivity contribution in [1.29, 1.82) is 0 Å². The number of anilines is 1. The number of fused-ring (bicyclic) bond motifs is 1. The third-order valence-corrected chi connectivity index (χ3v) is 7.68. The van der Waals surface area contributed by atoms with Crippen LogP contribution in [0, 0.1) is 0 Å². The summed E-state index contributed by atoms with van der Waals surface area (Å²) in [6, 6.07) is 5.15. The van der Waals surface area contributed by atoms with Gasteiger partial charge in [0.2, 0.25) is 10.0 Å². The van der Waals surface area contributed by atoms with Gasteiger partial charge in [0.1, 0.15) is 22.8 Å². The number of rotatable bonds is 7. The molecule has 0 radical (unpaired) electrons. The van der Waals surface area contributed by atoms with Crippen LogP contribution in [-0.2, 0) is 14.8 Å². The van der Waals surface area contributed by atoms with Crippen molar-refractivity contribution in [1.82, 2.24) is 24.6 Å². The van der Waals surface area contributed by atoms with Gasteiger partial charge in [-0.15, -0.1) is 10.2 Å². The predicted molar refractivity (Wildman–Crippen MR) is 120 cm³/mol. The Morgan fingerprint density at radius 1 is 1.23 bits per heavy atom. The number of ether oxygens (including phenoxy) is 1. The van der Waals surface area contributed by atoms with Gasteiger partial charge in [0.25, 0.3) is 11.8 Å². The van der Waals surface area contributed by atoms with Crippen molar-refractivity contribution in [2.24, 2.45) is 0 Å². The van der Waals surface area contributed by atoms with Crippen molar-refractivity contribution < 1.29 is 30.7 Å². The van der Waals surface area contributed by atoms with Crippen LogP contribution in [0.3, 0.4) is 0 Å². The molecule has 0 saturated carbocycles. The first-order chi connectivity index (χ1) is 16.6. The van der Waals surface area contributed by atoms with Crippen molar-refractivity contribution in [3.05, 3.63) is 30.3 Å². The molecule has 3 aromatic heterocycles. The first kappa shape index (κ1) is 24.0. The standard InChI is InChI=1S/C21H25F3N6O4S/c1-12-6-29(7-13(2)25-12)17-5-14(35(31,32)28-21(9-22)10-33-11-21)8-30-15(17)3-4-16(30)19-26-27-20(34-19)18(23)24/h3-5,8,12-13,18,25,28H,6-7,9-11H2,1-2H3/t12-,13-/m0/s1. The molecule has 0 amide bonds. The van der Waals surface area contributed by atoms with E-state index in [1.807, 2.05) is 13.8 Å². The maximum Gasteiger partial charge on any atom is 0.314 e. The fourth-order valence-corrected chi connectivity index (χ4v) is 5.92. The summed E-state index contributed by atoms with van der Waals surface area (Å²) in [7, 11) is -4.18. The Balaban J connectivity index is 1.65. The Kier molecular flexibility index (Phi) is 6.02. The molecule has 14 heteroatoms. The second-order valence-electron chi connectivity index (χ2n) is 9.17. The molecule has 5 rings (SSSR count). The minimum atomic E-state index is -4.18. The van der Waals surface area contributed by atoms with Gasteiger partial charge in [0, 0.05) is 31.4 Å². The van der Waals surface area contributed by atoms with Crippen LogP contribution >= 0.6 is 0 Å². The normalized spacial score (nSPS) is 22.6. The minimum absolute atomic E-state index is 0.0716. The van der Waals surface area contributed by atoms with Crippen LogP contribution < -0.4 is 14.9 Å². The molecule has 2 saturated heterocycles. The van der Waals surface area contributed by atoms with Crippen LogP contribution in [0.5, 0.6) is 0 Å². The Morgan fingerprint density at radius 3 is 2.51 bits per heavy atom. The van der Waals surface area contributed by atoms with E-state index in [-0.39, 0.29) is 41.8 Å². The van der Waals surface area contributed by atoms with E-state index >= 15 is 0 Å². The largest absolute Gasteiger partial charge is 0.414 e. The van der Waals surface area contributed by atoms with Gasteiger partial charge >= 0.3 is 6.43 Å². The molecule has 3 aromatic rings. The molecular formula is C21H25F3N6O4S. The van der Waals surface area contributed by atoms with Crippen molar-refractivity contribution in [2.75, 3.05) is 37.9 Å². The number of alkyl halides is 3. The van der Waals surface area contributed by atoms with Crippen LogP contribution in [0.15, 0.2) is 33.7 Å². The Morgan fingerprint density at radius 2 is 1.94 bits per heavy atom. The van der Waals surface area contributed by atoms with Gasteiger partial charge in [-0.05, 0) is 32.0 Å². The fraction of sp³-hybridized carbons (Fsp3) is 0.524. The topological polar surface area (TPSA) is 114 Å². The lowest BCUT2D eigenvalue weighted by Crippen LogP contribution is -2.63. The summed E-state index contributed by atoms with van der Waals surface area (Å²) < 4.78 is 80.5. The number of hydrogen-bond donors (Lipinski definition) is 2. The smallest absolute Gasteiger partial charge is 0.314 e. The quantitative estimate of drug-likeness (QED) is 0.493. The zero-order chi connectivity index (χ0) is 25.0. The average Bonchev–Trinajstić information content (AvgIpc) is 3.42. The second-order valence-corrected chi connectivity index (χ2v) is 10.8. The van der Waals surface area contributed by atoms with E-state index < -0.39 is 34.6 Å². The maximum absolute atomic E-state index is 13.6. The van der Waals surface area contributed by atoms with Gasteiger partial charge in [-0.2, -0.15) is 13.5 Å². The molecule has 0 bridgehead atoms. The average molecular weight is 515 g/mol. The van der Waals surface area contributed by atoms with Crippen molar-refractivity contribution in [3.63, 3.8) is 0 Å². The van der Waals surface area contributed by atoms with Crippen molar-refractivity contribution in [3.8, 4) is 11.6 Å². The van der Waals surface area contributed by atoms with Crippen molar-refractivity contribution in [2.45, 2.75) is 42.8 Å². The lowest BCUT2D eigenvalue weighted by molar-refractivity contribution is -0.0725. The zero-order valence-electron chi connectivity index (χ0n) is 19.0. The second kappa shape index (κ2) is 8.76. The summed E-state index contributed by atoms with van der Waals surface area (Å²) in [5.41, 5.74) is 0.182. The molecule has 10 nitrogen and oxygen atoms in total. The summed E-state index contributed by atoms with van der Waals surface area (Å²) in [6.45, 7) is 4.21. The molecule has 2 aliphatic heterocycles. The van der Waals surface area contributed by atoms with Gasteiger partial charge in [-0.3, -0.25) is 0 Å². The highest BCUT2D eigenvalue weighted by Gasteiger charge is 2.43. The maximum atomic E-state index is 13.6. The highest BCUT2D eigenvalue weighted by molar-refractivity contribution is 7.89. The van der Waals surface area contributed by atoms with Gasteiger partial charge in [-0.1, -0.05) is 0 Å². The Labute approximate surface area is 199 Å². The Bertz CT molecular complexity index is 1320. The molecule has 2 N–H and O–H groups in total. The molecule has 190 valence electrons. The van der Waals surface area contributed by atoms with E-state index in [0.717, 1.165) is 0 Å². The van der Waals surface area contributed by atoms with Crippen LogP contribution in [-0.4, -0.2) is 73.6 Å². The van der Waals surface area contributed by atoms with Crippen LogP contribution in [0.1, 0.15) is 26.2 Å². The summed E-state index contributed by atoms with van der Waals surface area (Å²) in [4.78, 5) is 1.93. The van der Waals surface area contributed by atoms with Gasteiger partial charge in [0.15, 0.2) is 0 Å². The van der Waals surface area contributed by atoms with Gasteiger partial charge in [0.05, 0.1) is 24.4 Å². The predicted octanol–water partition coefficient (Wildman–Crippen LogP) is 2.13. The summed E-state index contributed by atoms with van der Waals surface area (Å²) in [6.07, 6.45) is -1.60. The first-order valence-electron chi connectivity index (χ1n) is 11.1. The van der Waals surface area contributed by atoms with Gasteiger partial charge in [-0.25, -0.2) is 12.8 Å². The number of halogens is 3. The summed E-state index contributed by atoms with van der Waals surface area (Å²) >= 11 is 0. The number of aromatic nitrogens is 3. The summed E-state index contributed by atoms with van der Waals surface area (Å²) in [5, 5.41) is 10.5. The summed E-state index contributed by atoms with van der Waals surface area (Å²) in [5.74, 6) is -1.01. The van der Waals surface area contributed by atoms with E-state index in [1.54, 1.807) is 12.1 Å². The lowest BCUT2D eigenvalue weighted by Gasteiger charge is -2.39. The number of pyridine rings is 1. The third kappa shape index (κ3) is 4.39. The number of nitrogens with one attached hydrogen (secondary N) is 2. The molecule has 2 aliphatic rings. The number of hydrogen-bond acceptors (Lipinski definition) is 8. The Hall–Kier alpha value is -2.68. The lowest BCUT2D eigenvalue weighted by atomic mass is 10.0. The van der Waals surface area contributed by atoms with Crippen LogP contribution in [0.4, 0.5) is 18.9 Å². The number of sulfonamides is 1. The molecule has 35 heavy (non-hydrogen) atoms. The van der Waals surface area contributed by atoms with Gasteiger partial charge < -0.3 is 23.8 Å². The van der Waals surface area contributed by atoms with E-state index in [0.29, 0.717) is 24.3 Å². The molecule has 2 fully saturated rings. The van der Waals surface area contributed by atoms with E-state index in [2.05, 4.69) is 25.1 Å². The molecule has 0 spiro atoms. The van der Waals surface area contributed by atoms with Crippen LogP contribution in [0.25, 0.3) is 17.1 Å². The molecule has 5 heterocycles. The first-order valence-corrected chi connectivity index (χ1v) is 12.5. The minimum Gasteiger partial charge on any atom is -0.414 e. The molecule has 0 aromatic carbocycles. The third-order valence-electron chi connectivity index (χ3n) is 6.13. The molecule has 2 atom stereocenters. The van der Waals surface area contributed by atoms with Crippen molar-refractivity contribution >= 4 is 21.2 Å². The fourth-order valence-electron chi connectivity index (χ4n) is 4.55. The molecule has 0 aliphatic carbocycles.